The number of pyridine rings is 2. The Bertz CT molecular complexity index is 977. The van der Waals surface area contributed by atoms with E-state index >= 15 is 0 Å². The Balaban J connectivity index is 1.36. The molecule has 2 aromatic heterocycles. The Morgan fingerprint density at radius 1 is 1.14 bits per heavy atom. The van der Waals surface area contributed by atoms with Crippen molar-refractivity contribution in [2.24, 2.45) is 5.92 Å². The van der Waals surface area contributed by atoms with E-state index in [4.69, 9.17) is 11.6 Å². The fourth-order valence-corrected chi connectivity index (χ4v) is 3.99. The van der Waals surface area contributed by atoms with Crippen molar-refractivity contribution in [2.75, 3.05) is 0 Å². The molecule has 0 radical (unpaired) electrons. The molecule has 28 heavy (non-hydrogen) atoms. The molecule has 5 nitrogen and oxygen atoms in total. The summed E-state index contributed by atoms with van der Waals surface area (Å²) in [7, 11) is 0. The summed E-state index contributed by atoms with van der Waals surface area (Å²) in [6.45, 7) is 0. The number of aliphatic hydroxyl groups is 1. The molecule has 0 saturated heterocycles. The van der Waals surface area contributed by atoms with Crippen molar-refractivity contribution in [2.45, 2.75) is 37.8 Å². The maximum Gasteiger partial charge on any atom is 0.270 e. The zero-order chi connectivity index (χ0) is 19.5. The van der Waals surface area contributed by atoms with Crippen LogP contribution in [0, 0.1) is 5.92 Å². The number of hydrogen-bond acceptors (Lipinski definition) is 4. The molecule has 1 saturated carbocycles. The summed E-state index contributed by atoms with van der Waals surface area (Å²) in [6.07, 6.45) is 4.41. The molecule has 1 unspecified atom stereocenters. The van der Waals surface area contributed by atoms with Crippen LogP contribution in [0.4, 0.5) is 0 Å². The second kappa shape index (κ2) is 8.25. The molecule has 2 heterocycles. The van der Waals surface area contributed by atoms with Gasteiger partial charge in [0, 0.05) is 11.6 Å². The first-order chi connectivity index (χ1) is 13.6. The lowest BCUT2D eigenvalue weighted by Gasteiger charge is -2.33. The summed E-state index contributed by atoms with van der Waals surface area (Å²) < 4.78 is 0. The van der Waals surface area contributed by atoms with Gasteiger partial charge in [-0.25, -0.2) is 9.97 Å². The van der Waals surface area contributed by atoms with E-state index in [-0.39, 0.29) is 11.9 Å². The van der Waals surface area contributed by atoms with Gasteiger partial charge < -0.3 is 10.4 Å². The summed E-state index contributed by atoms with van der Waals surface area (Å²) >= 11 is 5.83. The average molecular weight is 396 g/mol. The van der Waals surface area contributed by atoms with Gasteiger partial charge >= 0.3 is 0 Å². The zero-order valence-corrected chi connectivity index (χ0v) is 16.1. The summed E-state index contributed by atoms with van der Waals surface area (Å²) in [6, 6.07) is 14.8. The fourth-order valence-electron chi connectivity index (χ4n) is 3.88. The summed E-state index contributed by atoms with van der Waals surface area (Å²) in [4.78, 5) is 21.1. The number of fused-ring (bicyclic) bond motifs is 1. The maximum atomic E-state index is 12.6. The van der Waals surface area contributed by atoms with Crippen molar-refractivity contribution in [1.29, 1.82) is 0 Å². The minimum atomic E-state index is -0.566. The molecular weight excluding hydrogens is 374 g/mol. The van der Waals surface area contributed by atoms with Crippen molar-refractivity contribution >= 4 is 28.4 Å². The molecule has 144 valence electrons. The Morgan fingerprint density at radius 3 is 2.79 bits per heavy atom. The number of carbonyl (C=O) groups excluding carboxylic acids is 1. The molecule has 3 atom stereocenters. The minimum Gasteiger partial charge on any atom is -0.391 e. The van der Waals surface area contributed by atoms with Crippen LogP contribution in [-0.2, 0) is 6.42 Å². The number of aromatic nitrogens is 2. The number of nitrogens with one attached hydrogen (secondary N) is 1. The Kier molecular flexibility index (Phi) is 5.55. The van der Waals surface area contributed by atoms with Crippen molar-refractivity contribution in [1.82, 2.24) is 15.3 Å². The monoisotopic (exact) mass is 395 g/mol. The number of halogens is 1. The molecule has 1 fully saturated rings. The van der Waals surface area contributed by atoms with E-state index in [9.17, 15) is 9.90 Å². The third kappa shape index (κ3) is 4.32. The topological polar surface area (TPSA) is 75.1 Å². The van der Waals surface area contributed by atoms with Crippen LogP contribution in [0.15, 0.2) is 54.7 Å². The van der Waals surface area contributed by atoms with Crippen molar-refractivity contribution in [3.05, 3.63) is 71.1 Å². The Hall–Kier alpha value is -2.50. The third-order valence-electron chi connectivity index (χ3n) is 5.39. The van der Waals surface area contributed by atoms with Gasteiger partial charge in [-0.05, 0) is 55.4 Å². The largest absolute Gasteiger partial charge is 0.391 e. The number of aliphatic hydroxyl groups excluding tert-OH is 1. The van der Waals surface area contributed by atoms with Gasteiger partial charge in [-0.15, -0.1) is 0 Å². The number of amides is 1. The second-order valence-corrected chi connectivity index (χ2v) is 7.80. The second-order valence-electron chi connectivity index (χ2n) is 7.41. The molecule has 2 N–H and O–H groups in total. The van der Waals surface area contributed by atoms with Crippen LogP contribution in [0.3, 0.4) is 0 Å². The number of benzene rings is 1. The van der Waals surface area contributed by atoms with Crippen LogP contribution in [0.25, 0.3) is 10.9 Å². The van der Waals surface area contributed by atoms with E-state index in [1.165, 1.54) is 0 Å². The lowest BCUT2D eigenvalue weighted by molar-refractivity contribution is 0.0568. The SMILES string of the molecule is O=C(N[C@H]1CCC(Cc2ccc(Cl)nc2)C[C@H]1O)c1ccc2ccccc2n1. The molecule has 4 rings (SSSR count). The van der Waals surface area contributed by atoms with Crippen LogP contribution in [0.2, 0.25) is 5.15 Å². The first-order valence-corrected chi connectivity index (χ1v) is 9.91. The average Bonchev–Trinajstić information content (AvgIpc) is 2.71. The van der Waals surface area contributed by atoms with Gasteiger partial charge in [0.05, 0.1) is 17.7 Å². The van der Waals surface area contributed by atoms with Crippen LogP contribution < -0.4 is 5.32 Å². The maximum absolute atomic E-state index is 12.6. The predicted molar refractivity (Wildman–Crippen MR) is 109 cm³/mol. The molecule has 6 heteroatoms. The molecule has 0 aliphatic heterocycles. The normalized spacial score (nSPS) is 22.1. The third-order valence-corrected chi connectivity index (χ3v) is 5.61. The number of nitrogens with zero attached hydrogens (tertiary/aromatic N) is 2. The minimum absolute atomic E-state index is 0.241. The Labute approximate surface area is 168 Å². The molecule has 0 spiro atoms. The van der Waals surface area contributed by atoms with E-state index in [2.05, 4.69) is 15.3 Å². The van der Waals surface area contributed by atoms with Gasteiger partial charge in [-0.2, -0.15) is 0 Å². The lowest BCUT2D eigenvalue weighted by Crippen LogP contribution is -2.47. The molecular formula is C22H22ClN3O2. The van der Waals surface area contributed by atoms with Gasteiger partial charge in [-0.3, -0.25) is 4.79 Å². The summed E-state index contributed by atoms with van der Waals surface area (Å²) in [5, 5.41) is 15.0. The van der Waals surface area contributed by atoms with E-state index in [1.807, 2.05) is 36.4 Å². The van der Waals surface area contributed by atoms with Crippen molar-refractivity contribution < 1.29 is 9.90 Å². The molecule has 1 aliphatic rings. The highest BCUT2D eigenvalue weighted by Gasteiger charge is 2.30. The van der Waals surface area contributed by atoms with Crippen molar-refractivity contribution in [3.63, 3.8) is 0 Å². The quantitative estimate of drug-likeness (QED) is 0.659. The van der Waals surface area contributed by atoms with Gasteiger partial charge in [0.2, 0.25) is 0 Å². The number of carbonyl (C=O) groups is 1. The highest BCUT2D eigenvalue weighted by molar-refractivity contribution is 6.29. The van der Waals surface area contributed by atoms with Crippen LogP contribution in [0.1, 0.15) is 35.3 Å². The summed E-state index contributed by atoms with van der Waals surface area (Å²) in [5.41, 5.74) is 2.28. The van der Waals surface area contributed by atoms with Crippen LogP contribution in [-0.4, -0.2) is 33.1 Å². The van der Waals surface area contributed by atoms with Gasteiger partial charge in [0.15, 0.2) is 0 Å². The van der Waals surface area contributed by atoms with E-state index < -0.39 is 6.10 Å². The van der Waals surface area contributed by atoms with Crippen molar-refractivity contribution in [3.8, 4) is 0 Å². The number of rotatable bonds is 4. The highest BCUT2D eigenvalue weighted by atomic mass is 35.5. The van der Waals surface area contributed by atoms with Crippen LogP contribution >= 0.6 is 11.6 Å². The van der Waals surface area contributed by atoms with Crippen LogP contribution in [0.5, 0.6) is 0 Å². The Morgan fingerprint density at radius 2 is 2.00 bits per heavy atom. The lowest BCUT2D eigenvalue weighted by atomic mass is 9.81. The van der Waals surface area contributed by atoms with Gasteiger partial charge in [-0.1, -0.05) is 41.9 Å². The van der Waals surface area contributed by atoms with E-state index in [1.54, 1.807) is 18.3 Å². The predicted octanol–water partition coefficient (Wildman–Crippen LogP) is 3.79. The fraction of sp³-hybridized carbons (Fsp3) is 0.318. The first-order valence-electron chi connectivity index (χ1n) is 9.53. The molecule has 1 amide bonds. The van der Waals surface area contributed by atoms with Gasteiger partial charge in [0.1, 0.15) is 10.8 Å². The highest BCUT2D eigenvalue weighted by Crippen LogP contribution is 2.28. The number of para-hydroxylation sites is 1. The first kappa shape index (κ1) is 18.8. The number of hydrogen-bond donors (Lipinski definition) is 2. The molecule has 3 aromatic rings. The van der Waals surface area contributed by atoms with Gasteiger partial charge in [0.25, 0.3) is 5.91 Å². The molecule has 1 aliphatic carbocycles. The van der Waals surface area contributed by atoms with E-state index in [0.29, 0.717) is 23.2 Å². The molecule has 1 aromatic carbocycles. The standard InChI is InChI=1S/C22H22ClN3O2/c23-21-10-6-15(13-24-21)11-14-5-8-18(20(27)12-14)26-22(28)19-9-7-16-3-1-2-4-17(16)25-19/h1-4,6-7,9-10,13-14,18,20,27H,5,8,11-12H2,(H,26,28)/t14?,18-,20+/m0/s1. The van der Waals surface area contributed by atoms with E-state index in [0.717, 1.165) is 35.7 Å². The molecule has 0 bridgehead atoms. The smallest absolute Gasteiger partial charge is 0.270 e. The zero-order valence-electron chi connectivity index (χ0n) is 15.4. The summed E-state index contributed by atoms with van der Waals surface area (Å²) in [5.74, 6) is 0.125.